The molecule has 2 amide bonds. The number of alkyl carbamates (subject to hydrolysis) is 1. The van der Waals surface area contributed by atoms with Crippen molar-refractivity contribution >= 4 is 34.8 Å². The van der Waals surface area contributed by atoms with E-state index in [1.54, 1.807) is 42.6 Å². The minimum atomic E-state index is -1.69. The van der Waals surface area contributed by atoms with Gasteiger partial charge in [-0.25, -0.2) is 9.59 Å². The predicted octanol–water partition coefficient (Wildman–Crippen LogP) is 1.76. The number of phenols is 1. The molecule has 0 saturated carbocycles. The highest BCUT2D eigenvalue weighted by atomic mass is 16.5. The summed E-state index contributed by atoms with van der Waals surface area (Å²) in [5, 5.41) is 33.1. The third-order valence-electron chi connectivity index (χ3n) is 4.99. The lowest BCUT2D eigenvalue weighted by Crippen LogP contribution is -2.53. The van der Waals surface area contributed by atoms with Gasteiger partial charge in [-0.1, -0.05) is 30.3 Å². The number of carboxylic acids is 2. The van der Waals surface area contributed by atoms with Crippen LogP contribution in [0.15, 0.2) is 54.7 Å². The number of rotatable bonds is 10. The molecular weight excluding hydrogens is 446 g/mol. The standard InChI is InChI=1S/C23H23N3O8/c27-15-6-7-17-16(9-15)14(11-24-17)8-18(21(30)25-19(22(31)32)10-20(28)29)26-23(33)34-12-13-4-2-1-3-5-13/h1-7,9,11,18-19,24,27H,8,10,12H2,(H,25,30)(H,26,33)(H,28,29)(H,31,32)/t18-,19-/m0/s1. The van der Waals surface area contributed by atoms with E-state index in [1.807, 2.05) is 0 Å². The maximum Gasteiger partial charge on any atom is 0.408 e. The number of phenolic OH excluding ortho intramolecular Hbond substituents is 1. The lowest BCUT2D eigenvalue weighted by molar-refractivity contribution is -0.147. The average molecular weight is 469 g/mol. The number of H-pyrrole nitrogens is 1. The third-order valence-corrected chi connectivity index (χ3v) is 4.99. The highest BCUT2D eigenvalue weighted by Crippen LogP contribution is 2.24. The van der Waals surface area contributed by atoms with Crippen molar-refractivity contribution in [3.05, 3.63) is 65.9 Å². The second-order valence-corrected chi connectivity index (χ2v) is 7.50. The van der Waals surface area contributed by atoms with Crippen LogP contribution in [0, 0.1) is 0 Å². The SMILES string of the molecule is O=C(O)C[C@H](NC(=O)[C@H](Cc1c[nH]c2ccc(O)cc12)NC(=O)OCc1ccccc1)C(=O)O. The summed E-state index contributed by atoms with van der Waals surface area (Å²) in [7, 11) is 0. The molecule has 0 spiro atoms. The van der Waals surface area contributed by atoms with Gasteiger partial charge in [-0.05, 0) is 29.3 Å². The molecular formula is C23H23N3O8. The van der Waals surface area contributed by atoms with E-state index in [4.69, 9.17) is 9.84 Å². The molecule has 6 N–H and O–H groups in total. The summed E-state index contributed by atoms with van der Waals surface area (Å²) in [6.45, 7) is -0.0568. The Labute approximate surface area is 193 Å². The molecule has 3 aromatic rings. The van der Waals surface area contributed by atoms with Gasteiger partial charge in [0, 0.05) is 23.5 Å². The van der Waals surface area contributed by atoms with Crippen molar-refractivity contribution in [3.8, 4) is 5.75 Å². The topological polar surface area (TPSA) is 178 Å². The number of ether oxygens (including phenoxy) is 1. The number of carbonyl (C=O) groups is 4. The molecule has 2 aromatic carbocycles. The molecule has 0 unspecified atom stereocenters. The van der Waals surface area contributed by atoms with Crippen LogP contribution in [-0.4, -0.2) is 56.3 Å². The smallest absolute Gasteiger partial charge is 0.408 e. The number of hydrogen-bond donors (Lipinski definition) is 6. The molecule has 178 valence electrons. The molecule has 0 aliphatic rings. The maximum absolute atomic E-state index is 12.9. The minimum Gasteiger partial charge on any atom is -0.508 e. The number of aromatic hydroxyl groups is 1. The van der Waals surface area contributed by atoms with Gasteiger partial charge in [0.2, 0.25) is 5.91 Å². The van der Waals surface area contributed by atoms with E-state index < -0.39 is 42.4 Å². The number of nitrogens with one attached hydrogen (secondary N) is 3. The van der Waals surface area contributed by atoms with E-state index in [0.29, 0.717) is 16.5 Å². The molecule has 0 aliphatic carbocycles. The molecule has 34 heavy (non-hydrogen) atoms. The normalized spacial score (nSPS) is 12.5. The summed E-state index contributed by atoms with van der Waals surface area (Å²) in [5.74, 6) is -3.85. The molecule has 1 heterocycles. The van der Waals surface area contributed by atoms with Gasteiger partial charge in [-0.15, -0.1) is 0 Å². The minimum absolute atomic E-state index is 0.00280. The first kappa shape index (κ1) is 24.1. The third kappa shape index (κ3) is 6.48. The Bertz CT molecular complexity index is 1190. The zero-order valence-electron chi connectivity index (χ0n) is 17.9. The number of fused-ring (bicyclic) bond motifs is 1. The van der Waals surface area contributed by atoms with Crippen LogP contribution in [0.5, 0.6) is 5.75 Å². The lowest BCUT2D eigenvalue weighted by atomic mass is 10.0. The van der Waals surface area contributed by atoms with Crippen molar-refractivity contribution < 1.29 is 39.2 Å². The van der Waals surface area contributed by atoms with Crippen molar-refractivity contribution in [2.45, 2.75) is 31.5 Å². The number of hydrogen-bond acceptors (Lipinski definition) is 6. The van der Waals surface area contributed by atoms with Crippen LogP contribution >= 0.6 is 0 Å². The van der Waals surface area contributed by atoms with Gasteiger partial charge in [-0.2, -0.15) is 0 Å². The molecule has 0 bridgehead atoms. The molecule has 0 radical (unpaired) electrons. The molecule has 11 heteroatoms. The Morgan fingerprint density at radius 1 is 0.971 bits per heavy atom. The van der Waals surface area contributed by atoms with E-state index in [-0.39, 0.29) is 18.8 Å². The van der Waals surface area contributed by atoms with Gasteiger partial charge >= 0.3 is 18.0 Å². The second kappa shape index (κ2) is 10.9. The fourth-order valence-electron chi connectivity index (χ4n) is 3.32. The van der Waals surface area contributed by atoms with Crippen LogP contribution in [-0.2, 0) is 32.1 Å². The number of aromatic nitrogens is 1. The van der Waals surface area contributed by atoms with Gasteiger partial charge in [0.15, 0.2) is 0 Å². The van der Waals surface area contributed by atoms with Crippen LogP contribution < -0.4 is 10.6 Å². The van der Waals surface area contributed by atoms with E-state index in [9.17, 15) is 29.4 Å². The highest BCUT2D eigenvalue weighted by Gasteiger charge is 2.29. The first-order valence-electron chi connectivity index (χ1n) is 10.2. The molecule has 0 fully saturated rings. The Morgan fingerprint density at radius 3 is 2.38 bits per heavy atom. The predicted molar refractivity (Wildman–Crippen MR) is 119 cm³/mol. The van der Waals surface area contributed by atoms with Crippen molar-refractivity contribution in [3.63, 3.8) is 0 Å². The van der Waals surface area contributed by atoms with Gasteiger partial charge in [0.05, 0.1) is 6.42 Å². The van der Waals surface area contributed by atoms with Crippen LogP contribution in [0.4, 0.5) is 4.79 Å². The van der Waals surface area contributed by atoms with Gasteiger partial charge in [-0.3, -0.25) is 9.59 Å². The van der Waals surface area contributed by atoms with Crippen LogP contribution in [0.3, 0.4) is 0 Å². The number of carbonyl (C=O) groups excluding carboxylic acids is 2. The lowest BCUT2D eigenvalue weighted by Gasteiger charge is -2.20. The van der Waals surface area contributed by atoms with Crippen molar-refractivity contribution in [2.24, 2.45) is 0 Å². The van der Waals surface area contributed by atoms with E-state index in [1.165, 1.54) is 12.1 Å². The number of amides is 2. The van der Waals surface area contributed by atoms with Gasteiger partial charge in [0.25, 0.3) is 0 Å². The Balaban J connectivity index is 1.78. The summed E-state index contributed by atoms with van der Waals surface area (Å²) in [6, 6.07) is 10.5. The van der Waals surface area contributed by atoms with Crippen LogP contribution in [0.1, 0.15) is 17.5 Å². The summed E-state index contributed by atoms with van der Waals surface area (Å²) in [4.78, 5) is 50.6. The van der Waals surface area contributed by atoms with E-state index >= 15 is 0 Å². The number of benzene rings is 2. The Kier molecular flexibility index (Phi) is 7.70. The zero-order chi connectivity index (χ0) is 24.7. The molecule has 3 rings (SSSR count). The number of aliphatic carboxylic acids is 2. The molecule has 11 nitrogen and oxygen atoms in total. The Morgan fingerprint density at radius 2 is 1.71 bits per heavy atom. The van der Waals surface area contributed by atoms with Crippen LogP contribution in [0.2, 0.25) is 0 Å². The first-order chi connectivity index (χ1) is 16.2. The summed E-state index contributed by atoms with van der Waals surface area (Å²) >= 11 is 0. The number of aromatic amines is 1. The quantitative estimate of drug-likeness (QED) is 0.260. The largest absolute Gasteiger partial charge is 0.508 e. The van der Waals surface area contributed by atoms with Gasteiger partial charge < -0.3 is 35.7 Å². The van der Waals surface area contributed by atoms with Crippen molar-refractivity contribution in [1.82, 2.24) is 15.6 Å². The van der Waals surface area contributed by atoms with Crippen molar-refractivity contribution in [1.29, 1.82) is 0 Å². The average Bonchev–Trinajstić information content (AvgIpc) is 3.18. The maximum atomic E-state index is 12.9. The molecule has 2 atom stereocenters. The summed E-state index contributed by atoms with van der Waals surface area (Å²) in [5.41, 5.74) is 1.95. The molecule has 0 aliphatic heterocycles. The fourth-order valence-corrected chi connectivity index (χ4v) is 3.32. The molecule has 1 aromatic heterocycles. The van der Waals surface area contributed by atoms with Gasteiger partial charge in [0.1, 0.15) is 24.4 Å². The summed E-state index contributed by atoms with van der Waals surface area (Å²) < 4.78 is 5.16. The van der Waals surface area contributed by atoms with Crippen molar-refractivity contribution in [2.75, 3.05) is 0 Å². The van der Waals surface area contributed by atoms with E-state index in [0.717, 1.165) is 5.56 Å². The highest BCUT2D eigenvalue weighted by molar-refractivity contribution is 5.92. The summed E-state index contributed by atoms with van der Waals surface area (Å²) in [6.07, 6.45) is -0.257. The zero-order valence-corrected chi connectivity index (χ0v) is 17.9. The number of carboxylic acid groups (broad SMARTS) is 2. The first-order valence-corrected chi connectivity index (χ1v) is 10.2. The Hall–Kier alpha value is -4.54. The molecule has 0 saturated heterocycles. The fraction of sp³-hybridized carbons (Fsp3) is 0.217. The van der Waals surface area contributed by atoms with E-state index in [2.05, 4.69) is 15.6 Å². The van der Waals surface area contributed by atoms with Crippen LogP contribution in [0.25, 0.3) is 10.9 Å². The second-order valence-electron chi connectivity index (χ2n) is 7.50. The monoisotopic (exact) mass is 469 g/mol.